The van der Waals surface area contributed by atoms with Gasteiger partial charge in [-0.1, -0.05) is 6.07 Å². The third-order valence-corrected chi connectivity index (χ3v) is 2.06. The van der Waals surface area contributed by atoms with Gasteiger partial charge in [0.15, 0.2) is 0 Å². The minimum absolute atomic E-state index is 0.0997. The van der Waals surface area contributed by atoms with E-state index < -0.39 is 0 Å². The van der Waals surface area contributed by atoms with Gasteiger partial charge in [-0.2, -0.15) is 0 Å². The van der Waals surface area contributed by atoms with Gasteiger partial charge in [0.05, 0.1) is 18.2 Å². The minimum atomic E-state index is -0.143. The topological polar surface area (TPSA) is 48.1 Å². The molecular weight excluding hydrogens is 188 g/mol. The van der Waals surface area contributed by atoms with Gasteiger partial charge in [-0.25, -0.2) is 0 Å². The number of ether oxygens (including phenoxy) is 1. The van der Waals surface area contributed by atoms with Gasteiger partial charge in [0.25, 0.3) is 0 Å². The van der Waals surface area contributed by atoms with Crippen LogP contribution in [-0.4, -0.2) is 17.2 Å². The van der Waals surface area contributed by atoms with Gasteiger partial charge in [0, 0.05) is 11.9 Å². The molecule has 0 fully saturated rings. The lowest BCUT2D eigenvalue weighted by atomic mass is 10.1. The monoisotopic (exact) mass is 208 g/mol. The van der Waals surface area contributed by atoms with Crippen molar-refractivity contribution in [3.05, 3.63) is 29.6 Å². The van der Waals surface area contributed by atoms with E-state index in [-0.39, 0.29) is 11.6 Å². The second kappa shape index (κ2) is 4.73. The van der Waals surface area contributed by atoms with E-state index in [1.807, 2.05) is 46.0 Å². The van der Waals surface area contributed by atoms with Crippen molar-refractivity contribution in [1.29, 1.82) is 0 Å². The van der Waals surface area contributed by atoms with Gasteiger partial charge in [0.2, 0.25) is 0 Å². The van der Waals surface area contributed by atoms with Crippen molar-refractivity contribution in [2.45, 2.75) is 39.3 Å². The Hall–Kier alpha value is -0.930. The number of hydrogen-bond acceptors (Lipinski definition) is 3. The van der Waals surface area contributed by atoms with Crippen LogP contribution >= 0.6 is 0 Å². The summed E-state index contributed by atoms with van der Waals surface area (Å²) < 4.78 is 5.62. The lowest BCUT2D eigenvalue weighted by Gasteiger charge is -2.22. The number of rotatable bonds is 3. The number of hydrogen-bond donors (Lipinski definition) is 1. The molecular formula is C12H20N2O. The Kier molecular flexibility index (Phi) is 3.83. The van der Waals surface area contributed by atoms with Crippen LogP contribution in [0, 0.1) is 6.92 Å². The van der Waals surface area contributed by atoms with E-state index in [4.69, 9.17) is 10.5 Å². The molecule has 1 aromatic heterocycles. The molecule has 0 aromatic carbocycles. The van der Waals surface area contributed by atoms with E-state index >= 15 is 0 Å². The zero-order valence-electron chi connectivity index (χ0n) is 9.95. The lowest BCUT2D eigenvalue weighted by Crippen LogP contribution is -2.26. The van der Waals surface area contributed by atoms with Crippen molar-refractivity contribution >= 4 is 0 Å². The fraction of sp³-hybridized carbons (Fsp3) is 0.583. The first-order chi connectivity index (χ1) is 6.88. The zero-order chi connectivity index (χ0) is 11.5. The van der Waals surface area contributed by atoms with Crippen molar-refractivity contribution in [2.75, 3.05) is 6.61 Å². The van der Waals surface area contributed by atoms with E-state index in [0.29, 0.717) is 6.61 Å². The molecule has 0 aliphatic heterocycles. The number of nitrogens with two attached hydrogens (primary N) is 1. The summed E-state index contributed by atoms with van der Waals surface area (Å²) in [7, 11) is 0. The average molecular weight is 208 g/mol. The zero-order valence-corrected chi connectivity index (χ0v) is 9.95. The molecule has 0 aliphatic rings. The van der Waals surface area contributed by atoms with E-state index in [2.05, 4.69) is 4.98 Å². The summed E-state index contributed by atoms with van der Waals surface area (Å²) in [5, 5.41) is 0. The number of aryl methyl sites for hydroxylation is 1. The SMILES string of the molecule is Cc1ccc(C(N)COC(C)(C)C)cn1. The van der Waals surface area contributed by atoms with Crippen LogP contribution in [0.5, 0.6) is 0 Å². The molecule has 1 rings (SSSR count). The highest BCUT2D eigenvalue weighted by Crippen LogP contribution is 2.14. The first kappa shape index (κ1) is 12.1. The predicted molar refractivity (Wildman–Crippen MR) is 61.6 cm³/mol. The van der Waals surface area contributed by atoms with Crippen LogP contribution in [0.3, 0.4) is 0 Å². The van der Waals surface area contributed by atoms with Crippen molar-refractivity contribution in [1.82, 2.24) is 4.98 Å². The molecule has 84 valence electrons. The Bertz CT molecular complexity index is 300. The molecule has 2 N–H and O–H groups in total. The smallest absolute Gasteiger partial charge is 0.0667 e. The van der Waals surface area contributed by atoms with E-state index in [0.717, 1.165) is 11.3 Å². The molecule has 0 saturated carbocycles. The third kappa shape index (κ3) is 4.40. The second-order valence-corrected chi connectivity index (χ2v) is 4.76. The fourth-order valence-electron chi connectivity index (χ4n) is 1.13. The lowest BCUT2D eigenvalue weighted by molar-refractivity contribution is -0.0102. The summed E-state index contributed by atoms with van der Waals surface area (Å²) >= 11 is 0. The van der Waals surface area contributed by atoms with Gasteiger partial charge < -0.3 is 10.5 Å². The van der Waals surface area contributed by atoms with Crippen LogP contribution in [0.4, 0.5) is 0 Å². The largest absolute Gasteiger partial charge is 0.374 e. The first-order valence-electron chi connectivity index (χ1n) is 5.20. The first-order valence-corrected chi connectivity index (χ1v) is 5.20. The fourth-order valence-corrected chi connectivity index (χ4v) is 1.13. The maximum atomic E-state index is 5.99. The van der Waals surface area contributed by atoms with Gasteiger partial charge in [-0.3, -0.25) is 4.98 Å². The number of pyridine rings is 1. The van der Waals surface area contributed by atoms with Gasteiger partial charge >= 0.3 is 0 Å². The summed E-state index contributed by atoms with van der Waals surface area (Å²) in [4.78, 5) is 4.21. The molecule has 0 amide bonds. The van der Waals surface area contributed by atoms with Gasteiger partial charge in [0.1, 0.15) is 0 Å². The molecule has 1 heterocycles. The highest BCUT2D eigenvalue weighted by molar-refractivity contribution is 5.16. The van der Waals surface area contributed by atoms with E-state index in [1.54, 1.807) is 0 Å². The second-order valence-electron chi connectivity index (χ2n) is 4.76. The molecule has 3 heteroatoms. The highest BCUT2D eigenvalue weighted by Gasteiger charge is 2.13. The Morgan fingerprint density at radius 2 is 2.07 bits per heavy atom. The summed E-state index contributed by atoms with van der Waals surface area (Å²) in [5.41, 5.74) is 7.87. The number of nitrogens with zero attached hydrogens (tertiary/aromatic N) is 1. The molecule has 0 radical (unpaired) electrons. The summed E-state index contributed by atoms with van der Waals surface area (Å²) in [6.07, 6.45) is 1.81. The molecule has 0 saturated heterocycles. The van der Waals surface area contributed by atoms with E-state index in [1.165, 1.54) is 0 Å². The van der Waals surface area contributed by atoms with Crippen LogP contribution in [0.15, 0.2) is 18.3 Å². The van der Waals surface area contributed by atoms with Crippen molar-refractivity contribution in [3.63, 3.8) is 0 Å². The molecule has 15 heavy (non-hydrogen) atoms. The van der Waals surface area contributed by atoms with Crippen molar-refractivity contribution in [2.24, 2.45) is 5.73 Å². The average Bonchev–Trinajstić information content (AvgIpc) is 2.14. The van der Waals surface area contributed by atoms with Crippen molar-refractivity contribution in [3.8, 4) is 0 Å². The molecule has 1 atom stereocenters. The molecule has 0 aliphatic carbocycles. The van der Waals surface area contributed by atoms with Crippen LogP contribution in [0.2, 0.25) is 0 Å². The van der Waals surface area contributed by atoms with Crippen LogP contribution < -0.4 is 5.73 Å². The molecule has 3 nitrogen and oxygen atoms in total. The summed E-state index contributed by atoms with van der Waals surface area (Å²) in [6, 6.07) is 3.86. The van der Waals surface area contributed by atoms with Crippen LogP contribution in [0.25, 0.3) is 0 Å². The Labute approximate surface area is 91.7 Å². The molecule has 0 spiro atoms. The summed E-state index contributed by atoms with van der Waals surface area (Å²) in [6.45, 7) is 8.54. The molecule has 1 unspecified atom stereocenters. The van der Waals surface area contributed by atoms with Gasteiger partial charge in [-0.05, 0) is 39.3 Å². The van der Waals surface area contributed by atoms with E-state index in [9.17, 15) is 0 Å². The summed E-state index contributed by atoms with van der Waals surface area (Å²) in [5.74, 6) is 0. The molecule has 1 aromatic rings. The van der Waals surface area contributed by atoms with Crippen LogP contribution in [0.1, 0.15) is 38.1 Å². The third-order valence-electron chi connectivity index (χ3n) is 2.06. The Morgan fingerprint density at radius 3 is 2.53 bits per heavy atom. The standard InChI is InChI=1S/C12H20N2O/c1-9-5-6-10(7-14-9)11(13)8-15-12(2,3)4/h5-7,11H,8,13H2,1-4H3. The maximum absolute atomic E-state index is 5.99. The number of aromatic nitrogens is 1. The normalized spacial score (nSPS) is 13.9. The van der Waals surface area contributed by atoms with Crippen LogP contribution in [-0.2, 0) is 4.74 Å². The molecule has 0 bridgehead atoms. The van der Waals surface area contributed by atoms with Gasteiger partial charge in [-0.15, -0.1) is 0 Å². The maximum Gasteiger partial charge on any atom is 0.0667 e. The minimum Gasteiger partial charge on any atom is -0.374 e. The Morgan fingerprint density at radius 1 is 1.40 bits per heavy atom. The quantitative estimate of drug-likeness (QED) is 0.828. The Balaban J connectivity index is 2.54. The van der Waals surface area contributed by atoms with Crippen molar-refractivity contribution < 1.29 is 4.74 Å². The predicted octanol–water partition coefficient (Wildman–Crippen LogP) is 2.20. The highest BCUT2D eigenvalue weighted by atomic mass is 16.5.